The first-order valence-corrected chi connectivity index (χ1v) is 12.8. The number of carbonyl (C=O) groups excluding carboxylic acids is 3. The van der Waals surface area contributed by atoms with Gasteiger partial charge in [0.1, 0.15) is 11.0 Å². The van der Waals surface area contributed by atoms with Gasteiger partial charge >= 0.3 is 0 Å². The molecule has 38 heavy (non-hydrogen) atoms. The lowest BCUT2D eigenvalue weighted by Gasteiger charge is -2.38. The molecule has 4 heterocycles. The van der Waals surface area contributed by atoms with Crippen LogP contribution in [-0.4, -0.2) is 49.3 Å². The third-order valence-corrected chi connectivity index (χ3v) is 8.96. The molecule has 8 heteroatoms. The van der Waals surface area contributed by atoms with E-state index in [-0.39, 0.29) is 23.6 Å². The summed E-state index contributed by atoms with van der Waals surface area (Å²) in [6.45, 7) is 0.610. The molecule has 4 atom stereocenters. The number of nitrogens with one attached hydrogen (secondary N) is 2. The first-order chi connectivity index (χ1) is 18.5. The Bertz CT molecular complexity index is 1460. The normalized spacial score (nSPS) is 28.7. The summed E-state index contributed by atoms with van der Waals surface area (Å²) in [5.41, 5.74) is 0.667. The number of hydrogen-bond donors (Lipinski definition) is 2. The van der Waals surface area contributed by atoms with Crippen LogP contribution in [0.4, 0.5) is 11.4 Å². The Balaban J connectivity index is 1.55. The van der Waals surface area contributed by atoms with Crippen LogP contribution in [0, 0.1) is 5.92 Å². The maximum Gasteiger partial charge on any atom is 0.250 e. The molecule has 0 radical (unpaired) electrons. The Morgan fingerprint density at radius 2 is 1.53 bits per heavy atom. The molecule has 4 aliphatic heterocycles. The van der Waals surface area contributed by atoms with Gasteiger partial charge in [0.05, 0.1) is 20.1 Å². The fourth-order valence-electron chi connectivity index (χ4n) is 7.66. The van der Waals surface area contributed by atoms with Gasteiger partial charge in [-0.25, -0.2) is 0 Å². The van der Waals surface area contributed by atoms with Crippen molar-refractivity contribution < 1.29 is 23.9 Å². The molecule has 192 valence electrons. The predicted octanol–water partition coefficient (Wildman–Crippen LogP) is 3.72. The highest BCUT2D eigenvalue weighted by atomic mass is 16.5. The molecule has 0 saturated carbocycles. The summed E-state index contributed by atoms with van der Waals surface area (Å²) < 4.78 is 10.9. The molecule has 8 nitrogen and oxygen atoms in total. The number of Topliss-reactive ketones (excluding diaryl/α,β-unsaturated/α-hetero) is 1. The molecule has 7 rings (SSSR count). The number of amides is 2. The van der Waals surface area contributed by atoms with Crippen molar-refractivity contribution in [1.29, 1.82) is 0 Å². The van der Waals surface area contributed by atoms with Crippen LogP contribution in [0.5, 0.6) is 11.5 Å². The number of nitrogens with zero attached hydrogens (tertiary/aromatic N) is 1. The average Bonchev–Trinajstić information content (AvgIpc) is 3.66. The van der Waals surface area contributed by atoms with Gasteiger partial charge in [-0.2, -0.15) is 0 Å². The first kappa shape index (κ1) is 23.0. The van der Waals surface area contributed by atoms with Crippen LogP contribution in [0.25, 0.3) is 0 Å². The second-order valence-electron chi connectivity index (χ2n) is 10.4. The van der Waals surface area contributed by atoms with Crippen molar-refractivity contribution in [2.75, 3.05) is 31.4 Å². The number of hydrogen-bond acceptors (Lipinski definition) is 6. The number of rotatable bonds is 4. The zero-order valence-electron chi connectivity index (χ0n) is 21.1. The predicted molar refractivity (Wildman–Crippen MR) is 141 cm³/mol. The molecule has 2 saturated heterocycles. The average molecular weight is 510 g/mol. The molecule has 2 fully saturated rings. The fourth-order valence-corrected chi connectivity index (χ4v) is 7.66. The Kier molecular flexibility index (Phi) is 4.79. The zero-order valence-corrected chi connectivity index (χ0v) is 21.1. The van der Waals surface area contributed by atoms with Gasteiger partial charge in [0.2, 0.25) is 11.8 Å². The Morgan fingerprint density at radius 1 is 0.868 bits per heavy atom. The molecule has 0 unspecified atom stereocenters. The minimum atomic E-state index is -1.34. The van der Waals surface area contributed by atoms with E-state index in [0.29, 0.717) is 41.4 Å². The second-order valence-corrected chi connectivity index (χ2v) is 10.4. The topological polar surface area (TPSA) is 97.0 Å². The summed E-state index contributed by atoms with van der Waals surface area (Å²) in [7, 11) is 3.05. The van der Waals surface area contributed by atoms with Crippen molar-refractivity contribution >= 4 is 29.0 Å². The lowest BCUT2D eigenvalue weighted by atomic mass is 9.60. The first-order valence-electron chi connectivity index (χ1n) is 12.8. The Hall–Kier alpha value is -4.17. The summed E-state index contributed by atoms with van der Waals surface area (Å²) in [4.78, 5) is 45.5. The molecule has 4 aliphatic rings. The lowest BCUT2D eigenvalue weighted by Crippen LogP contribution is -2.55. The number of para-hydroxylation sites is 2. The van der Waals surface area contributed by atoms with Gasteiger partial charge in [0.25, 0.3) is 0 Å². The van der Waals surface area contributed by atoms with Gasteiger partial charge in [-0.15, -0.1) is 0 Å². The molecule has 2 amide bonds. The van der Waals surface area contributed by atoms with E-state index in [0.717, 1.165) is 17.5 Å². The number of benzene rings is 3. The quantitative estimate of drug-likeness (QED) is 0.521. The third kappa shape index (κ3) is 2.55. The van der Waals surface area contributed by atoms with Crippen LogP contribution in [0.2, 0.25) is 0 Å². The molecular weight excluding hydrogens is 482 g/mol. The third-order valence-electron chi connectivity index (χ3n) is 8.96. The van der Waals surface area contributed by atoms with E-state index in [1.807, 2.05) is 48.5 Å². The minimum absolute atomic E-state index is 0.233. The van der Waals surface area contributed by atoms with Crippen molar-refractivity contribution in [1.82, 2.24) is 4.90 Å². The SMILES string of the molecule is COc1ccc(C(=O)[C@H]2[C@]3(C(=O)Nc4ccccc43)[C@@H]3CCCN3[C@@]23C(=O)Nc2ccccc23)cc1OC. The Morgan fingerprint density at radius 3 is 2.26 bits per heavy atom. The molecule has 0 aliphatic carbocycles. The number of fused-ring (bicyclic) bond motifs is 7. The molecule has 3 aromatic rings. The Labute approximate surface area is 219 Å². The maximum absolute atomic E-state index is 14.9. The van der Waals surface area contributed by atoms with Crippen LogP contribution in [0.3, 0.4) is 0 Å². The molecular formula is C30H27N3O5. The van der Waals surface area contributed by atoms with Crippen LogP contribution in [-0.2, 0) is 20.5 Å². The summed E-state index contributed by atoms with van der Waals surface area (Å²) in [5.74, 6) is -0.882. The van der Waals surface area contributed by atoms with E-state index in [2.05, 4.69) is 15.5 Å². The van der Waals surface area contributed by atoms with Gasteiger partial charge in [-0.3, -0.25) is 19.3 Å². The van der Waals surface area contributed by atoms with E-state index in [1.165, 1.54) is 14.2 Å². The minimum Gasteiger partial charge on any atom is -0.493 e. The second kappa shape index (κ2) is 7.91. The largest absolute Gasteiger partial charge is 0.493 e. The van der Waals surface area contributed by atoms with Crippen molar-refractivity contribution in [3.63, 3.8) is 0 Å². The fraction of sp³-hybridized carbons (Fsp3) is 0.300. The van der Waals surface area contributed by atoms with E-state index >= 15 is 0 Å². The van der Waals surface area contributed by atoms with Crippen LogP contribution in [0.15, 0.2) is 66.7 Å². The van der Waals surface area contributed by atoms with Crippen LogP contribution in [0.1, 0.15) is 34.3 Å². The zero-order chi connectivity index (χ0) is 26.2. The summed E-state index contributed by atoms with van der Waals surface area (Å²) >= 11 is 0. The van der Waals surface area contributed by atoms with Crippen molar-refractivity contribution in [3.8, 4) is 11.5 Å². The van der Waals surface area contributed by atoms with E-state index < -0.39 is 16.9 Å². The van der Waals surface area contributed by atoms with Crippen molar-refractivity contribution in [3.05, 3.63) is 83.4 Å². The highest BCUT2D eigenvalue weighted by molar-refractivity contribution is 6.18. The summed E-state index contributed by atoms with van der Waals surface area (Å²) in [6, 6.07) is 19.8. The number of carbonyl (C=O) groups is 3. The standard InChI is InChI=1S/C30H27N3O5/c1-37-22-14-13-17(16-23(22)38-2)25(34)26-29(18-8-3-5-10-20(18)31-27(29)35)24-12-7-15-33(24)30(26)19-9-4-6-11-21(19)32-28(30)36/h3-6,8-11,13-14,16,24,26H,7,12,15H2,1-2H3,(H,31,35)(H,32,36)/t24-,26-,29+,30+/m0/s1. The maximum atomic E-state index is 14.9. The van der Waals surface area contributed by atoms with Crippen LogP contribution >= 0.6 is 0 Å². The van der Waals surface area contributed by atoms with Gasteiger partial charge < -0.3 is 20.1 Å². The summed E-state index contributed by atoms with van der Waals surface area (Å²) in [5, 5.41) is 6.13. The van der Waals surface area contributed by atoms with Crippen LogP contribution < -0.4 is 20.1 Å². The van der Waals surface area contributed by atoms with E-state index in [1.54, 1.807) is 18.2 Å². The monoisotopic (exact) mass is 509 g/mol. The molecule has 2 spiro atoms. The van der Waals surface area contributed by atoms with E-state index in [9.17, 15) is 14.4 Å². The smallest absolute Gasteiger partial charge is 0.250 e. The molecule has 2 N–H and O–H groups in total. The molecule has 0 bridgehead atoms. The lowest BCUT2D eigenvalue weighted by molar-refractivity contribution is -0.128. The number of methoxy groups -OCH3 is 2. The van der Waals surface area contributed by atoms with Gasteiger partial charge in [0, 0.05) is 28.5 Å². The van der Waals surface area contributed by atoms with Crippen molar-refractivity contribution in [2.24, 2.45) is 5.92 Å². The summed E-state index contributed by atoms with van der Waals surface area (Å²) in [6.07, 6.45) is 1.53. The van der Waals surface area contributed by atoms with E-state index in [4.69, 9.17) is 9.47 Å². The molecule has 0 aromatic heterocycles. The van der Waals surface area contributed by atoms with Gasteiger partial charge in [0.15, 0.2) is 17.3 Å². The number of anilines is 2. The highest BCUT2D eigenvalue weighted by Crippen LogP contribution is 2.66. The number of ketones is 1. The van der Waals surface area contributed by atoms with Crippen molar-refractivity contribution in [2.45, 2.75) is 29.8 Å². The number of ether oxygens (including phenoxy) is 2. The highest BCUT2D eigenvalue weighted by Gasteiger charge is 2.78. The molecule has 3 aromatic carbocycles. The van der Waals surface area contributed by atoms with Gasteiger partial charge in [-0.1, -0.05) is 36.4 Å². The van der Waals surface area contributed by atoms with Gasteiger partial charge in [-0.05, 0) is 55.3 Å².